The first-order chi connectivity index (χ1) is 8.05. The van der Waals surface area contributed by atoms with Gasteiger partial charge < -0.3 is 14.7 Å². The average Bonchev–Trinajstić information content (AvgIpc) is 2.72. The van der Waals surface area contributed by atoms with Gasteiger partial charge in [0, 0.05) is 19.7 Å². The van der Waals surface area contributed by atoms with E-state index >= 15 is 0 Å². The molecule has 1 aliphatic heterocycles. The second kappa shape index (κ2) is 6.00. The lowest BCUT2D eigenvalue weighted by Gasteiger charge is -2.24. The van der Waals surface area contributed by atoms with Crippen LogP contribution in [0, 0.1) is 5.41 Å². The number of rotatable bonds is 6. The summed E-state index contributed by atoms with van der Waals surface area (Å²) in [5.74, 6) is -0.892. The minimum atomic E-state index is -0.786. The molecule has 1 rings (SSSR count). The summed E-state index contributed by atoms with van der Waals surface area (Å²) in [6.45, 7) is 5.20. The van der Waals surface area contributed by atoms with Gasteiger partial charge in [-0.2, -0.15) is 0 Å². The molecule has 0 bridgehead atoms. The van der Waals surface area contributed by atoms with Crippen LogP contribution in [0.25, 0.3) is 0 Å². The Balaban J connectivity index is 2.60. The predicted octanol–water partition coefficient (Wildman–Crippen LogP) is 1.13. The maximum Gasteiger partial charge on any atom is 0.311 e. The van der Waals surface area contributed by atoms with Crippen LogP contribution in [0.1, 0.15) is 33.1 Å². The van der Waals surface area contributed by atoms with E-state index in [4.69, 9.17) is 4.74 Å². The minimum absolute atomic E-state index is 0.0539. The van der Waals surface area contributed by atoms with Crippen LogP contribution in [0.3, 0.4) is 0 Å². The molecule has 1 fully saturated rings. The lowest BCUT2D eigenvalue weighted by atomic mass is 9.83. The van der Waals surface area contributed by atoms with Gasteiger partial charge >= 0.3 is 5.97 Å². The molecule has 0 spiro atoms. The second-order valence-corrected chi connectivity index (χ2v) is 4.54. The van der Waals surface area contributed by atoms with Gasteiger partial charge in [-0.15, -0.1) is 0 Å². The summed E-state index contributed by atoms with van der Waals surface area (Å²) in [6, 6.07) is 0. The van der Waals surface area contributed by atoms with E-state index in [2.05, 4.69) is 0 Å². The van der Waals surface area contributed by atoms with Crippen LogP contribution in [-0.2, 0) is 14.3 Å². The second-order valence-electron chi connectivity index (χ2n) is 4.54. The average molecular weight is 243 g/mol. The number of hydrogen-bond donors (Lipinski definition) is 1. The van der Waals surface area contributed by atoms with Crippen LogP contribution >= 0.6 is 0 Å². The Bertz CT molecular complexity index is 292. The molecule has 0 aliphatic carbocycles. The molecule has 0 radical (unpaired) electrons. The molecule has 0 saturated carbocycles. The highest BCUT2D eigenvalue weighted by Gasteiger charge is 2.45. The van der Waals surface area contributed by atoms with E-state index in [0.29, 0.717) is 32.5 Å². The van der Waals surface area contributed by atoms with Gasteiger partial charge in [-0.05, 0) is 19.8 Å². The first-order valence-electron chi connectivity index (χ1n) is 6.14. The van der Waals surface area contributed by atoms with E-state index in [-0.39, 0.29) is 12.5 Å². The van der Waals surface area contributed by atoms with Crippen LogP contribution in [0.5, 0.6) is 0 Å². The van der Waals surface area contributed by atoms with E-state index in [9.17, 15) is 14.7 Å². The quantitative estimate of drug-likeness (QED) is 0.759. The van der Waals surface area contributed by atoms with Crippen LogP contribution in [0.2, 0.25) is 0 Å². The van der Waals surface area contributed by atoms with Gasteiger partial charge in [-0.3, -0.25) is 9.59 Å². The Morgan fingerprint density at radius 3 is 2.65 bits per heavy atom. The monoisotopic (exact) mass is 243 g/mol. The number of likely N-dealkylation sites (tertiary alicyclic amines) is 1. The third-order valence-electron chi connectivity index (χ3n) is 3.32. The summed E-state index contributed by atoms with van der Waals surface area (Å²) in [6.07, 6.45) is 1.99. The zero-order valence-corrected chi connectivity index (χ0v) is 10.6. The smallest absolute Gasteiger partial charge is 0.311 e. The summed E-state index contributed by atoms with van der Waals surface area (Å²) >= 11 is 0. The van der Waals surface area contributed by atoms with E-state index < -0.39 is 11.4 Å². The van der Waals surface area contributed by atoms with Gasteiger partial charge in [0.05, 0.1) is 5.41 Å². The number of nitrogens with zero attached hydrogens (tertiary/aromatic N) is 1. The topological polar surface area (TPSA) is 66.8 Å². The van der Waals surface area contributed by atoms with Crippen molar-refractivity contribution in [3.05, 3.63) is 0 Å². The highest BCUT2D eigenvalue weighted by molar-refractivity contribution is 5.81. The highest BCUT2D eigenvalue weighted by Crippen LogP contribution is 2.35. The fraction of sp³-hybridized carbons (Fsp3) is 0.833. The third kappa shape index (κ3) is 3.19. The summed E-state index contributed by atoms with van der Waals surface area (Å²) in [4.78, 5) is 24.7. The number of carbonyl (C=O) groups excluding carboxylic acids is 1. The van der Waals surface area contributed by atoms with Crippen LogP contribution < -0.4 is 0 Å². The molecule has 98 valence electrons. The lowest BCUT2D eigenvalue weighted by Crippen LogP contribution is -2.38. The van der Waals surface area contributed by atoms with Crippen LogP contribution in [0.4, 0.5) is 0 Å². The van der Waals surface area contributed by atoms with Gasteiger partial charge in [0.25, 0.3) is 0 Å². The molecule has 1 N–H and O–H groups in total. The molecule has 0 aromatic carbocycles. The first-order valence-corrected chi connectivity index (χ1v) is 6.14. The molecule has 1 amide bonds. The van der Waals surface area contributed by atoms with Crippen LogP contribution in [-0.4, -0.2) is 48.2 Å². The van der Waals surface area contributed by atoms with Crippen molar-refractivity contribution in [1.82, 2.24) is 4.90 Å². The van der Waals surface area contributed by atoms with Crippen molar-refractivity contribution in [2.45, 2.75) is 33.1 Å². The zero-order valence-electron chi connectivity index (χ0n) is 10.6. The third-order valence-corrected chi connectivity index (χ3v) is 3.32. The number of ether oxygens (including phenoxy) is 1. The van der Waals surface area contributed by atoms with Crippen molar-refractivity contribution in [3.63, 3.8) is 0 Å². The number of carboxylic acids is 1. The van der Waals surface area contributed by atoms with Crippen molar-refractivity contribution < 1.29 is 19.4 Å². The van der Waals surface area contributed by atoms with Gasteiger partial charge in [0.2, 0.25) is 5.91 Å². The first kappa shape index (κ1) is 14.0. The van der Waals surface area contributed by atoms with Gasteiger partial charge in [-0.1, -0.05) is 13.3 Å². The Labute approximate surface area is 102 Å². The van der Waals surface area contributed by atoms with E-state index in [0.717, 1.165) is 6.42 Å². The summed E-state index contributed by atoms with van der Waals surface area (Å²) < 4.78 is 5.06. The van der Waals surface area contributed by atoms with E-state index in [1.807, 2.05) is 13.8 Å². The Kier molecular flexibility index (Phi) is 4.93. The number of aliphatic carboxylic acids is 1. The zero-order chi connectivity index (χ0) is 12.9. The summed E-state index contributed by atoms with van der Waals surface area (Å²) in [5, 5.41) is 9.30. The Hall–Kier alpha value is -1.10. The van der Waals surface area contributed by atoms with Crippen molar-refractivity contribution in [2.24, 2.45) is 5.41 Å². The minimum Gasteiger partial charge on any atom is -0.481 e. The predicted molar refractivity (Wildman–Crippen MR) is 62.7 cm³/mol. The van der Waals surface area contributed by atoms with Crippen molar-refractivity contribution >= 4 is 11.9 Å². The van der Waals surface area contributed by atoms with Gasteiger partial charge in [0.15, 0.2) is 0 Å². The molecule has 0 aromatic heterocycles. The molecular formula is C12H21NO4. The van der Waals surface area contributed by atoms with Gasteiger partial charge in [-0.25, -0.2) is 0 Å². The number of carboxylic acid groups (broad SMARTS) is 1. The summed E-state index contributed by atoms with van der Waals surface area (Å²) in [7, 11) is 0. The number of hydrogen-bond acceptors (Lipinski definition) is 3. The molecule has 1 heterocycles. The normalized spacial score (nSPS) is 24.0. The van der Waals surface area contributed by atoms with Gasteiger partial charge in [0.1, 0.15) is 6.61 Å². The molecule has 1 aliphatic rings. The van der Waals surface area contributed by atoms with E-state index in [1.54, 1.807) is 4.90 Å². The standard InChI is InChI=1S/C12H21NO4/c1-3-5-12(11(15)16)6-7-13(9-12)10(14)8-17-4-2/h3-9H2,1-2H3,(H,15,16). The Morgan fingerprint density at radius 1 is 1.41 bits per heavy atom. The molecule has 17 heavy (non-hydrogen) atoms. The molecule has 5 nitrogen and oxygen atoms in total. The molecule has 5 heteroatoms. The maximum absolute atomic E-state index is 11.7. The fourth-order valence-corrected chi connectivity index (χ4v) is 2.33. The Morgan fingerprint density at radius 2 is 2.12 bits per heavy atom. The number of amides is 1. The fourth-order valence-electron chi connectivity index (χ4n) is 2.33. The van der Waals surface area contributed by atoms with Crippen molar-refractivity contribution in [3.8, 4) is 0 Å². The highest BCUT2D eigenvalue weighted by atomic mass is 16.5. The molecular weight excluding hydrogens is 222 g/mol. The SMILES string of the molecule is CCCC1(C(=O)O)CCN(C(=O)COCC)C1. The molecule has 1 atom stereocenters. The lowest BCUT2D eigenvalue weighted by molar-refractivity contribution is -0.149. The van der Waals surface area contributed by atoms with Crippen molar-refractivity contribution in [2.75, 3.05) is 26.3 Å². The van der Waals surface area contributed by atoms with Crippen LogP contribution in [0.15, 0.2) is 0 Å². The molecule has 1 saturated heterocycles. The molecule has 0 aromatic rings. The number of carbonyl (C=O) groups is 2. The largest absolute Gasteiger partial charge is 0.481 e. The maximum atomic E-state index is 11.7. The van der Waals surface area contributed by atoms with E-state index in [1.165, 1.54) is 0 Å². The van der Waals surface area contributed by atoms with Crippen molar-refractivity contribution in [1.29, 1.82) is 0 Å². The summed E-state index contributed by atoms with van der Waals surface area (Å²) in [5.41, 5.74) is -0.739. The molecule has 1 unspecified atom stereocenters.